The van der Waals surface area contributed by atoms with Crippen LogP contribution in [0.1, 0.15) is 20.3 Å². The molecule has 0 bridgehead atoms. The molecule has 0 fully saturated rings. The third kappa shape index (κ3) is 6.93. The fraction of sp³-hybridized carbons (Fsp3) is 0.350. The highest BCUT2D eigenvalue weighted by molar-refractivity contribution is 5.92. The predicted octanol–water partition coefficient (Wildman–Crippen LogP) is 3.68. The fourth-order valence-electron chi connectivity index (χ4n) is 2.22. The maximum Gasteiger partial charge on any atom is 0.193 e. The van der Waals surface area contributed by atoms with Gasteiger partial charge in [0.15, 0.2) is 5.96 Å². The van der Waals surface area contributed by atoms with E-state index in [-0.39, 0.29) is 6.10 Å². The van der Waals surface area contributed by atoms with Gasteiger partial charge in [0.05, 0.1) is 19.8 Å². The molecule has 6 heteroatoms. The second-order valence-electron chi connectivity index (χ2n) is 5.96. The Morgan fingerprint density at radius 1 is 1.08 bits per heavy atom. The highest BCUT2D eigenvalue weighted by atomic mass is 16.5. The van der Waals surface area contributed by atoms with Crippen molar-refractivity contribution < 1.29 is 14.2 Å². The lowest BCUT2D eigenvalue weighted by atomic mass is 10.3. The predicted molar refractivity (Wildman–Crippen MR) is 105 cm³/mol. The number of guanidine groups is 1. The minimum atomic E-state index is 0.152. The third-order valence-electron chi connectivity index (χ3n) is 3.39. The van der Waals surface area contributed by atoms with E-state index < -0.39 is 0 Å². The Morgan fingerprint density at radius 3 is 2.50 bits per heavy atom. The van der Waals surface area contributed by atoms with E-state index in [4.69, 9.17) is 19.9 Å². The Hall–Kier alpha value is -2.89. The van der Waals surface area contributed by atoms with Crippen molar-refractivity contribution in [3.63, 3.8) is 0 Å². The van der Waals surface area contributed by atoms with Crippen molar-refractivity contribution in [3.8, 4) is 17.2 Å². The monoisotopic (exact) mass is 357 g/mol. The van der Waals surface area contributed by atoms with E-state index in [9.17, 15) is 0 Å². The first-order valence-corrected chi connectivity index (χ1v) is 8.67. The van der Waals surface area contributed by atoms with Crippen molar-refractivity contribution in [2.75, 3.05) is 25.6 Å². The summed E-state index contributed by atoms with van der Waals surface area (Å²) in [5, 5.41) is 3.06. The van der Waals surface area contributed by atoms with E-state index >= 15 is 0 Å². The smallest absolute Gasteiger partial charge is 0.193 e. The van der Waals surface area contributed by atoms with Gasteiger partial charge in [-0.1, -0.05) is 6.07 Å². The molecule has 0 amide bonds. The van der Waals surface area contributed by atoms with Crippen LogP contribution in [0.25, 0.3) is 0 Å². The number of ether oxygens (including phenoxy) is 3. The van der Waals surface area contributed by atoms with Crippen molar-refractivity contribution in [3.05, 3.63) is 48.5 Å². The number of nitrogens with zero attached hydrogens (tertiary/aromatic N) is 1. The molecule has 0 aliphatic carbocycles. The van der Waals surface area contributed by atoms with Gasteiger partial charge in [-0.2, -0.15) is 0 Å². The molecule has 0 unspecified atom stereocenters. The highest BCUT2D eigenvalue weighted by Gasteiger charge is 2.00. The zero-order valence-electron chi connectivity index (χ0n) is 15.6. The van der Waals surface area contributed by atoms with Crippen LogP contribution in [-0.2, 0) is 0 Å². The van der Waals surface area contributed by atoms with Crippen molar-refractivity contribution in [1.29, 1.82) is 0 Å². The first-order valence-electron chi connectivity index (χ1n) is 8.67. The normalized spacial score (nSPS) is 11.3. The Morgan fingerprint density at radius 2 is 1.81 bits per heavy atom. The Labute approximate surface area is 155 Å². The molecule has 26 heavy (non-hydrogen) atoms. The molecule has 0 aromatic heterocycles. The van der Waals surface area contributed by atoms with Gasteiger partial charge < -0.3 is 25.3 Å². The number of benzene rings is 2. The van der Waals surface area contributed by atoms with Gasteiger partial charge in [0.2, 0.25) is 0 Å². The molecular formula is C20H27N3O3. The standard InChI is InChI=1S/C20H27N3O3/c1-15(2)26-17-10-8-16(9-11-17)23-20(21)22-12-5-13-25-19-7-4-6-18(14-19)24-3/h4,6-11,14-15H,5,12-13H2,1-3H3,(H3,21,22,23). The molecule has 2 rings (SSSR count). The molecule has 2 aromatic carbocycles. The maximum absolute atomic E-state index is 5.91. The molecule has 0 saturated heterocycles. The summed E-state index contributed by atoms with van der Waals surface area (Å²) >= 11 is 0. The van der Waals surface area contributed by atoms with E-state index in [1.807, 2.05) is 62.4 Å². The van der Waals surface area contributed by atoms with Crippen LogP contribution in [0.4, 0.5) is 5.69 Å². The minimum absolute atomic E-state index is 0.152. The first-order chi connectivity index (χ1) is 12.6. The van der Waals surface area contributed by atoms with Crippen LogP contribution < -0.4 is 25.3 Å². The van der Waals surface area contributed by atoms with Crippen molar-refractivity contribution in [2.45, 2.75) is 26.4 Å². The second kappa shape index (κ2) is 10.2. The van der Waals surface area contributed by atoms with Gasteiger partial charge in [0.25, 0.3) is 0 Å². The number of nitrogens with two attached hydrogens (primary N) is 1. The van der Waals surface area contributed by atoms with Gasteiger partial charge in [0.1, 0.15) is 17.2 Å². The Kier molecular flexibility index (Phi) is 7.61. The summed E-state index contributed by atoms with van der Waals surface area (Å²) in [4.78, 5) is 4.30. The van der Waals surface area contributed by atoms with Gasteiger partial charge >= 0.3 is 0 Å². The summed E-state index contributed by atoms with van der Waals surface area (Å²) in [6.45, 7) is 5.13. The Bertz CT molecular complexity index is 700. The molecule has 2 aromatic rings. The van der Waals surface area contributed by atoms with Gasteiger partial charge in [-0.3, -0.25) is 4.99 Å². The lowest BCUT2D eigenvalue weighted by molar-refractivity contribution is 0.242. The molecule has 0 saturated carbocycles. The number of methoxy groups -OCH3 is 1. The number of rotatable bonds is 9. The topological polar surface area (TPSA) is 78.1 Å². The van der Waals surface area contributed by atoms with E-state index in [0.717, 1.165) is 29.4 Å². The number of hydrogen-bond donors (Lipinski definition) is 2. The largest absolute Gasteiger partial charge is 0.497 e. The molecule has 140 valence electrons. The van der Waals surface area contributed by atoms with Crippen LogP contribution in [0, 0.1) is 0 Å². The zero-order valence-corrected chi connectivity index (χ0v) is 15.6. The highest BCUT2D eigenvalue weighted by Crippen LogP contribution is 2.19. The lowest BCUT2D eigenvalue weighted by Gasteiger charge is -2.11. The summed E-state index contributed by atoms with van der Waals surface area (Å²) in [6, 6.07) is 15.1. The van der Waals surface area contributed by atoms with Crippen molar-refractivity contribution in [2.24, 2.45) is 10.7 Å². The summed E-state index contributed by atoms with van der Waals surface area (Å²) in [7, 11) is 1.63. The molecule has 6 nitrogen and oxygen atoms in total. The number of hydrogen-bond acceptors (Lipinski definition) is 4. The van der Waals surface area contributed by atoms with Gasteiger partial charge in [-0.15, -0.1) is 0 Å². The van der Waals surface area contributed by atoms with Crippen LogP contribution >= 0.6 is 0 Å². The second-order valence-corrected chi connectivity index (χ2v) is 5.96. The molecular weight excluding hydrogens is 330 g/mol. The quantitative estimate of drug-likeness (QED) is 0.407. The van der Waals surface area contributed by atoms with E-state index in [2.05, 4.69) is 10.3 Å². The van der Waals surface area contributed by atoms with E-state index in [1.54, 1.807) is 7.11 Å². The number of nitrogens with one attached hydrogen (secondary N) is 1. The zero-order chi connectivity index (χ0) is 18.8. The third-order valence-corrected chi connectivity index (χ3v) is 3.39. The van der Waals surface area contributed by atoms with Crippen LogP contribution in [0.2, 0.25) is 0 Å². The molecule has 0 aliphatic heterocycles. The molecule has 3 N–H and O–H groups in total. The molecule has 0 spiro atoms. The number of aliphatic imine (C=N–C) groups is 1. The van der Waals surface area contributed by atoms with Crippen LogP contribution in [-0.4, -0.2) is 32.3 Å². The van der Waals surface area contributed by atoms with E-state index in [1.165, 1.54) is 0 Å². The molecule has 0 heterocycles. The average Bonchev–Trinajstić information content (AvgIpc) is 2.63. The maximum atomic E-state index is 5.91. The number of anilines is 1. The summed E-state index contributed by atoms with van der Waals surface area (Å²) in [5.74, 6) is 2.77. The van der Waals surface area contributed by atoms with Gasteiger partial charge in [-0.25, -0.2) is 0 Å². The molecule has 0 radical (unpaired) electrons. The van der Waals surface area contributed by atoms with Crippen LogP contribution in [0.15, 0.2) is 53.5 Å². The summed E-state index contributed by atoms with van der Waals surface area (Å²) in [6.07, 6.45) is 0.917. The Balaban J connectivity index is 1.70. The lowest BCUT2D eigenvalue weighted by Crippen LogP contribution is -2.23. The van der Waals surface area contributed by atoms with Gasteiger partial charge in [0, 0.05) is 24.7 Å². The van der Waals surface area contributed by atoms with Crippen LogP contribution in [0.3, 0.4) is 0 Å². The van der Waals surface area contributed by atoms with E-state index in [0.29, 0.717) is 19.1 Å². The van der Waals surface area contributed by atoms with Gasteiger partial charge in [-0.05, 0) is 50.2 Å². The van der Waals surface area contributed by atoms with Crippen molar-refractivity contribution in [1.82, 2.24) is 0 Å². The molecule has 0 aliphatic rings. The van der Waals surface area contributed by atoms with Crippen LogP contribution in [0.5, 0.6) is 17.2 Å². The summed E-state index contributed by atoms with van der Waals surface area (Å²) in [5.41, 5.74) is 6.78. The SMILES string of the molecule is COc1cccc(OCCCN=C(N)Nc2ccc(OC(C)C)cc2)c1. The average molecular weight is 357 g/mol. The fourth-order valence-corrected chi connectivity index (χ4v) is 2.22. The van der Waals surface area contributed by atoms with Crippen molar-refractivity contribution >= 4 is 11.6 Å². The first kappa shape index (κ1) is 19.4. The molecule has 0 atom stereocenters. The summed E-state index contributed by atoms with van der Waals surface area (Å²) < 4.78 is 16.4. The minimum Gasteiger partial charge on any atom is -0.497 e.